The first-order valence-corrected chi connectivity index (χ1v) is 6.11. The third-order valence-electron chi connectivity index (χ3n) is 3.13. The predicted octanol–water partition coefficient (Wildman–Crippen LogP) is 1.38. The van der Waals surface area contributed by atoms with Crippen LogP contribution in [0.5, 0.6) is 0 Å². The lowest BCUT2D eigenvalue weighted by molar-refractivity contribution is -0.384. The van der Waals surface area contributed by atoms with Gasteiger partial charge in [-0.1, -0.05) is 12.1 Å². The summed E-state index contributed by atoms with van der Waals surface area (Å²) in [5, 5.41) is 13.3. The topological polar surface area (TPSA) is 89.3 Å². The second kappa shape index (κ2) is 5.60. The standard InChI is InChI=1S/C13H14N2O4/c16-12-6-2-5-11(12)14-13(17)8-9-3-1-4-10(7-9)15(18)19/h1,3-4,7,11H,2,5-6,8H2,(H,14,17). The van der Waals surface area contributed by atoms with E-state index in [0.29, 0.717) is 18.4 Å². The Kier molecular flexibility index (Phi) is 3.89. The number of rotatable bonds is 4. The molecule has 2 rings (SSSR count). The van der Waals surface area contributed by atoms with Crippen LogP contribution in [0.1, 0.15) is 24.8 Å². The Morgan fingerprint density at radius 3 is 2.89 bits per heavy atom. The van der Waals surface area contributed by atoms with E-state index < -0.39 is 4.92 Å². The van der Waals surface area contributed by atoms with Crippen molar-refractivity contribution in [1.82, 2.24) is 5.32 Å². The zero-order valence-corrected chi connectivity index (χ0v) is 10.3. The van der Waals surface area contributed by atoms with Gasteiger partial charge in [0.15, 0.2) is 5.78 Å². The third kappa shape index (κ3) is 3.37. The molecule has 0 radical (unpaired) electrons. The molecule has 1 aliphatic carbocycles. The Morgan fingerprint density at radius 1 is 1.47 bits per heavy atom. The molecule has 0 spiro atoms. The van der Waals surface area contributed by atoms with Crippen molar-refractivity contribution >= 4 is 17.4 Å². The molecule has 6 heteroatoms. The molecule has 6 nitrogen and oxygen atoms in total. The fourth-order valence-electron chi connectivity index (χ4n) is 2.18. The Labute approximate surface area is 110 Å². The Balaban J connectivity index is 1.97. The van der Waals surface area contributed by atoms with E-state index in [1.54, 1.807) is 12.1 Å². The maximum absolute atomic E-state index is 11.8. The highest BCUT2D eigenvalue weighted by Gasteiger charge is 2.25. The van der Waals surface area contributed by atoms with E-state index in [-0.39, 0.29) is 29.8 Å². The summed E-state index contributed by atoms with van der Waals surface area (Å²) in [6.45, 7) is 0. The van der Waals surface area contributed by atoms with Crippen LogP contribution in [0.25, 0.3) is 0 Å². The lowest BCUT2D eigenvalue weighted by atomic mass is 10.1. The van der Waals surface area contributed by atoms with Crippen LogP contribution in [0.15, 0.2) is 24.3 Å². The van der Waals surface area contributed by atoms with E-state index in [1.165, 1.54) is 12.1 Å². The van der Waals surface area contributed by atoms with Gasteiger partial charge in [-0.15, -0.1) is 0 Å². The lowest BCUT2D eigenvalue weighted by Crippen LogP contribution is -2.38. The smallest absolute Gasteiger partial charge is 0.269 e. The van der Waals surface area contributed by atoms with Gasteiger partial charge < -0.3 is 5.32 Å². The molecule has 1 unspecified atom stereocenters. The molecular weight excluding hydrogens is 248 g/mol. The number of non-ortho nitro benzene ring substituents is 1. The number of ketones is 1. The molecule has 0 bridgehead atoms. The summed E-state index contributed by atoms with van der Waals surface area (Å²) in [7, 11) is 0. The van der Waals surface area contributed by atoms with Gasteiger partial charge in [0.1, 0.15) is 0 Å². The number of nitro benzene ring substituents is 1. The summed E-state index contributed by atoms with van der Waals surface area (Å²) < 4.78 is 0. The van der Waals surface area contributed by atoms with Crippen LogP contribution >= 0.6 is 0 Å². The molecule has 1 aromatic rings. The minimum absolute atomic E-state index is 0.0396. The second-order valence-electron chi connectivity index (χ2n) is 4.58. The average Bonchev–Trinajstić information content (AvgIpc) is 2.75. The lowest BCUT2D eigenvalue weighted by Gasteiger charge is -2.10. The van der Waals surface area contributed by atoms with Gasteiger partial charge in [0.05, 0.1) is 17.4 Å². The Bertz CT molecular complexity index is 527. The first kappa shape index (κ1) is 13.2. The number of nitrogens with zero attached hydrogens (tertiary/aromatic N) is 1. The number of hydrogen-bond donors (Lipinski definition) is 1. The highest BCUT2D eigenvalue weighted by molar-refractivity contribution is 5.91. The maximum Gasteiger partial charge on any atom is 0.269 e. The van der Waals surface area contributed by atoms with Crippen molar-refractivity contribution in [2.45, 2.75) is 31.7 Å². The normalized spacial score (nSPS) is 18.3. The number of carbonyl (C=O) groups excluding carboxylic acids is 2. The van der Waals surface area contributed by atoms with Gasteiger partial charge in [-0.2, -0.15) is 0 Å². The zero-order valence-electron chi connectivity index (χ0n) is 10.3. The van der Waals surface area contributed by atoms with Gasteiger partial charge >= 0.3 is 0 Å². The van der Waals surface area contributed by atoms with Crippen LogP contribution in [0.3, 0.4) is 0 Å². The van der Waals surface area contributed by atoms with Gasteiger partial charge in [-0.05, 0) is 18.4 Å². The first-order chi connectivity index (χ1) is 9.06. The fourth-order valence-corrected chi connectivity index (χ4v) is 2.18. The van der Waals surface area contributed by atoms with Crippen LogP contribution in [-0.4, -0.2) is 22.7 Å². The van der Waals surface area contributed by atoms with Crippen LogP contribution < -0.4 is 5.32 Å². The number of carbonyl (C=O) groups is 2. The Morgan fingerprint density at radius 2 is 2.26 bits per heavy atom. The van der Waals surface area contributed by atoms with Crippen LogP contribution in [-0.2, 0) is 16.0 Å². The SMILES string of the molecule is O=C(Cc1cccc([N+](=O)[O-])c1)NC1CCCC1=O. The van der Waals surface area contributed by atoms with E-state index in [0.717, 1.165) is 6.42 Å². The molecular formula is C13H14N2O4. The summed E-state index contributed by atoms with van der Waals surface area (Å²) in [5.74, 6) is -0.215. The summed E-state index contributed by atoms with van der Waals surface area (Å²) >= 11 is 0. The molecule has 1 aliphatic rings. The highest BCUT2D eigenvalue weighted by Crippen LogP contribution is 2.16. The Hall–Kier alpha value is -2.24. The van der Waals surface area contributed by atoms with Crippen molar-refractivity contribution in [2.24, 2.45) is 0 Å². The van der Waals surface area contributed by atoms with E-state index >= 15 is 0 Å². The van der Waals surface area contributed by atoms with E-state index in [9.17, 15) is 19.7 Å². The molecule has 1 aromatic carbocycles. The molecule has 1 saturated carbocycles. The molecule has 1 fully saturated rings. The third-order valence-corrected chi connectivity index (χ3v) is 3.13. The zero-order chi connectivity index (χ0) is 13.8. The summed E-state index contributed by atoms with van der Waals surface area (Å²) in [5.41, 5.74) is 0.527. The number of nitro groups is 1. The minimum Gasteiger partial charge on any atom is -0.346 e. The summed E-state index contributed by atoms with van der Waals surface area (Å²) in [6, 6.07) is 5.56. The molecule has 19 heavy (non-hydrogen) atoms. The van der Waals surface area contributed by atoms with E-state index in [1.807, 2.05) is 0 Å². The number of benzene rings is 1. The monoisotopic (exact) mass is 262 g/mol. The van der Waals surface area contributed by atoms with Gasteiger partial charge in [0, 0.05) is 18.6 Å². The molecule has 100 valence electrons. The fraction of sp³-hybridized carbons (Fsp3) is 0.385. The van der Waals surface area contributed by atoms with Crippen molar-refractivity contribution in [3.8, 4) is 0 Å². The molecule has 1 amide bonds. The number of amides is 1. The van der Waals surface area contributed by atoms with Gasteiger partial charge in [0.25, 0.3) is 5.69 Å². The molecule has 1 N–H and O–H groups in total. The van der Waals surface area contributed by atoms with Crippen LogP contribution in [0.4, 0.5) is 5.69 Å². The quantitative estimate of drug-likeness (QED) is 0.655. The molecule has 0 aliphatic heterocycles. The van der Waals surface area contributed by atoms with Gasteiger partial charge in [-0.25, -0.2) is 0 Å². The van der Waals surface area contributed by atoms with Crippen molar-refractivity contribution in [1.29, 1.82) is 0 Å². The number of hydrogen-bond acceptors (Lipinski definition) is 4. The largest absolute Gasteiger partial charge is 0.346 e. The number of Topliss-reactive ketones (excluding diaryl/α,β-unsaturated/α-hetero) is 1. The van der Waals surface area contributed by atoms with Crippen LogP contribution in [0, 0.1) is 10.1 Å². The minimum atomic E-state index is -0.498. The molecule has 1 atom stereocenters. The number of nitrogens with one attached hydrogen (secondary N) is 1. The van der Waals surface area contributed by atoms with Crippen molar-refractivity contribution in [3.05, 3.63) is 39.9 Å². The van der Waals surface area contributed by atoms with Crippen molar-refractivity contribution in [3.63, 3.8) is 0 Å². The van der Waals surface area contributed by atoms with Gasteiger partial charge in [0.2, 0.25) is 5.91 Å². The second-order valence-corrected chi connectivity index (χ2v) is 4.58. The molecule has 0 aromatic heterocycles. The first-order valence-electron chi connectivity index (χ1n) is 6.11. The highest BCUT2D eigenvalue weighted by atomic mass is 16.6. The average molecular weight is 262 g/mol. The summed E-state index contributed by atoms with van der Waals surface area (Å²) in [6.07, 6.45) is 2.05. The molecule has 0 saturated heterocycles. The van der Waals surface area contributed by atoms with E-state index in [4.69, 9.17) is 0 Å². The summed E-state index contributed by atoms with van der Waals surface area (Å²) in [4.78, 5) is 33.3. The predicted molar refractivity (Wildman–Crippen MR) is 67.6 cm³/mol. The van der Waals surface area contributed by atoms with Crippen molar-refractivity contribution < 1.29 is 14.5 Å². The van der Waals surface area contributed by atoms with Gasteiger partial charge in [-0.3, -0.25) is 19.7 Å². The molecule has 0 heterocycles. The van der Waals surface area contributed by atoms with E-state index in [2.05, 4.69) is 5.32 Å². The maximum atomic E-state index is 11.8. The van der Waals surface area contributed by atoms with Crippen molar-refractivity contribution in [2.75, 3.05) is 0 Å². The van der Waals surface area contributed by atoms with Crippen LogP contribution in [0.2, 0.25) is 0 Å².